The summed E-state index contributed by atoms with van der Waals surface area (Å²) in [7, 11) is -3.71. The summed E-state index contributed by atoms with van der Waals surface area (Å²) in [5.41, 5.74) is 4.99. The number of primary amides is 1. The van der Waals surface area contributed by atoms with Crippen LogP contribution in [0.4, 0.5) is 4.39 Å². The topological polar surface area (TPSA) is 125 Å². The van der Waals surface area contributed by atoms with Gasteiger partial charge in [0.15, 0.2) is 12.4 Å². The predicted molar refractivity (Wildman–Crippen MR) is 90.9 cm³/mol. The summed E-state index contributed by atoms with van der Waals surface area (Å²) in [6, 6.07) is 5.68. The quantitative estimate of drug-likeness (QED) is 0.715. The molecule has 1 aromatic carbocycles. The van der Waals surface area contributed by atoms with Gasteiger partial charge in [0, 0.05) is 6.54 Å². The molecule has 0 radical (unpaired) electrons. The number of carbonyl (C=O) groups is 1. The van der Waals surface area contributed by atoms with Crippen molar-refractivity contribution in [2.75, 3.05) is 19.7 Å². The molecule has 0 saturated carbocycles. The number of nitrogens with zero attached hydrogens (tertiary/aromatic N) is 3. The highest BCUT2D eigenvalue weighted by molar-refractivity contribution is 7.89. The van der Waals surface area contributed by atoms with Crippen LogP contribution in [0, 0.1) is 5.82 Å². The third-order valence-corrected chi connectivity index (χ3v) is 5.70. The average Bonchev–Trinajstić information content (AvgIpc) is 3.12. The number of sulfonamides is 1. The van der Waals surface area contributed by atoms with Gasteiger partial charge < -0.3 is 15.2 Å². The molecule has 144 valence electrons. The third kappa shape index (κ3) is 4.68. The lowest BCUT2D eigenvalue weighted by Crippen LogP contribution is -2.31. The zero-order valence-electron chi connectivity index (χ0n) is 14.1. The first-order valence-corrected chi connectivity index (χ1v) is 9.44. The van der Waals surface area contributed by atoms with Crippen molar-refractivity contribution in [3.05, 3.63) is 42.5 Å². The van der Waals surface area contributed by atoms with Crippen molar-refractivity contribution in [3.63, 3.8) is 0 Å². The monoisotopic (exact) mass is 396 g/mol. The standard InChI is InChI=1S/C16H17FN4O5S/c17-11-7-19-16(20-8-11)26-13-5-6-21(9-13)27(23,24)14-3-1-12(2-4-14)25-10-15(18)22/h1-4,7-8,13H,5-6,9-10H2,(H2,18,22)/t13-/m1/s1. The molecule has 1 aliphatic rings. The van der Waals surface area contributed by atoms with Crippen LogP contribution in [0.5, 0.6) is 11.8 Å². The zero-order valence-corrected chi connectivity index (χ0v) is 14.9. The average molecular weight is 396 g/mol. The van der Waals surface area contributed by atoms with Gasteiger partial charge in [-0.1, -0.05) is 0 Å². The van der Waals surface area contributed by atoms with E-state index in [2.05, 4.69) is 9.97 Å². The summed E-state index contributed by atoms with van der Waals surface area (Å²) in [5.74, 6) is -0.870. The van der Waals surface area contributed by atoms with Crippen LogP contribution in [0.25, 0.3) is 0 Å². The van der Waals surface area contributed by atoms with Crippen molar-refractivity contribution in [1.82, 2.24) is 14.3 Å². The molecule has 2 N–H and O–H groups in total. The molecular weight excluding hydrogens is 379 g/mol. The Balaban J connectivity index is 1.63. The summed E-state index contributed by atoms with van der Waals surface area (Å²) >= 11 is 0. The molecule has 3 rings (SSSR count). The van der Waals surface area contributed by atoms with E-state index >= 15 is 0 Å². The Bertz CT molecular complexity index is 905. The van der Waals surface area contributed by atoms with E-state index in [0.29, 0.717) is 12.2 Å². The summed E-state index contributed by atoms with van der Waals surface area (Å²) in [6.07, 6.45) is 1.99. The molecule has 0 unspecified atom stereocenters. The number of halogens is 1. The van der Waals surface area contributed by atoms with Crippen LogP contribution < -0.4 is 15.2 Å². The van der Waals surface area contributed by atoms with Crippen LogP contribution in [-0.2, 0) is 14.8 Å². The Labute approximate surface area is 155 Å². The van der Waals surface area contributed by atoms with Crippen molar-refractivity contribution in [2.24, 2.45) is 5.73 Å². The Morgan fingerprint density at radius 3 is 2.56 bits per heavy atom. The largest absolute Gasteiger partial charge is 0.484 e. The molecule has 27 heavy (non-hydrogen) atoms. The van der Waals surface area contributed by atoms with Crippen molar-refractivity contribution in [1.29, 1.82) is 0 Å². The van der Waals surface area contributed by atoms with Crippen LogP contribution in [0.1, 0.15) is 6.42 Å². The first kappa shape index (κ1) is 19.0. The van der Waals surface area contributed by atoms with E-state index in [1.165, 1.54) is 28.6 Å². The lowest BCUT2D eigenvalue weighted by molar-refractivity contribution is -0.119. The van der Waals surface area contributed by atoms with Crippen molar-refractivity contribution >= 4 is 15.9 Å². The molecule has 1 saturated heterocycles. The number of hydrogen-bond acceptors (Lipinski definition) is 7. The Kier molecular flexibility index (Phi) is 5.51. The molecule has 1 amide bonds. The number of amides is 1. The normalized spacial score (nSPS) is 17.6. The van der Waals surface area contributed by atoms with Gasteiger partial charge in [-0.05, 0) is 30.7 Å². The van der Waals surface area contributed by atoms with Crippen molar-refractivity contribution in [2.45, 2.75) is 17.4 Å². The smallest absolute Gasteiger partial charge is 0.316 e. The summed E-state index contributed by atoms with van der Waals surface area (Å²) in [4.78, 5) is 18.2. The fraction of sp³-hybridized carbons (Fsp3) is 0.312. The molecule has 9 nitrogen and oxygen atoms in total. The summed E-state index contributed by atoms with van der Waals surface area (Å²) < 4.78 is 50.2. The molecule has 2 aromatic rings. The lowest BCUT2D eigenvalue weighted by Gasteiger charge is -2.17. The molecule has 1 atom stereocenters. The lowest BCUT2D eigenvalue weighted by atomic mass is 10.3. The second-order valence-electron chi connectivity index (χ2n) is 5.80. The van der Waals surface area contributed by atoms with E-state index in [1.54, 1.807) is 0 Å². The van der Waals surface area contributed by atoms with Gasteiger partial charge in [-0.15, -0.1) is 0 Å². The van der Waals surface area contributed by atoms with Crippen LogP contribution in [0.2, 0.25) is 0 Å². The second-order valence-corrected chi connectivity index (χ2v) is 7.74. The molecular formula is C16H17FN4O5S. The van der Waals surface area contributed by atoms with Gasteiger partial charge in [0.1, 0.15) is 11.9 Å². The Morgan fingerprint density at radius 1 is 1.26 bits per heavy atom. The molecule has 1 aromatic heterocycles. The van der Waals surface area contributed by atoms with Crippen molar-refractivity contribution < 1.29 is 27.1 Å². The van der Waals surface area contributed by atoms with E-state index < -0.39 is 27.9 Å². The van der Waals surface area contributed by atoms with E-state index in [0.717, 1.165) is 12.4 Å². The number of ether oxygens (including phenoxy) is 2. The minimum Gasteiger partial charge on any atom is -0.484 e. The minimum atomic E-state index is -3.71. The van der Waals surface area contributed by atoms with Gasteiger partial charge in [-0.25, -0.2) is 22.8 Å². The van der Waals surface area contributed by atoms with Crippen LogP contribution in [0.15, 0.2) is 41.6 Å². The third-order valence-electron chi connectivity index (χ3n) is 3.82. The van der Waals surface area contributed by atoms with Crippen LogP contribution in [0.3, 0.4) is 0 Å². The van der Waals surface area contributed by atoms with Gasteiger partial charge in [0.05, 0.1) is 23.8 Å². The van der Waals surface area contributed by atoms with Gasteiger partial charge >= 0.3 is 6.01 Å². The van der Waals surface area contributed by atoms with Crippen LogP contribution >= 0.6 is 0 Å². The molecule has 1 fully saturated rings. The number of rotatable bonds is 7. The minimum absolute atomic E-state index is 0.00315. The number of nitrogens with two attached hydrogens (primary N) is 1. The molecule has 1 aliphatic heterocycles. The molecule has 0 spiro atoms. The van der Waals surface area contributed by atoms with E-state index in [9.17, 15) is 17.6 Å². The second kappa shape index (κ2) is 7.84. The number of carbonyl (C=O) groups excluding carboxylic acids is 1. The van der Waals surface area contributed by atoms with E-state index in [-0.39, 0.29) is 30.6 Å². The summed E-state index contributed by atoms with van der Waals surface area (Å²) in [5, 5.41) is 0. The van der Waals surface area contributed by atoms with E-state index in [4.69, 9.17) is 15.2 Å². The summed E-state index contributed by atoms with van der Waals surface area (Å²) in [6.45, 7) is 0.111. The molecule has 0 bridgehead atoms. The fourth-order valence-electron chi connectivity index (χ4n) is 2.53. The molecule has 11 heteroatoms. The maximum absolute atomic E-state index is 12.8. The van der Waals surface area contributed by atoms with Crippen LogP contribution in [-0.4, -0.2) is 54.4 Å². The maximum Gasteiger partial charge on any atom is 0.316 e. The molecule has 0 aliphatic carbocycles. The maximum atomic E-state index is 12.8. The van der Waals surface area contributed by atoms with Gasteiger partial charge in [-0.2, -0.15) is 4.31 Å². The number of benzene rings is 1. The molecule has 2 heterocycles. The van der Waals surface area contributed by atoms with Gasteiger partial charge in [0.25, 0.3) is 5.91 Å². The SMILES string of the molecule is NC(=O)COc1ccc(S(=O)(=O)N2CC[C@@H](Oc3ncc(F)cn3)C2)cc1. The van der Waals surface area contributed by atoms with E-state index in [1.807, 2.05) is 0 Å². The first-order chi connectivity index (χ1) is 12.8. The predicted octanol–water partition coefficient (Wildman–Crippen LogP) is 0.322. The Morgan fingerprint density at radius 2 is 1.93 bits per heavy atom. The number of aromatic nitrogens is 2. The van der Waals surface area contributed by atoms with Crippen molar-refractivity contribution in [3.8, 4) is 11.8 Å². The van der Waals surface area contributed by atoms with Gasteiger partial charge in [0.2, 0.25) is 10.0 Å². The highest BCUT2D eigenvalue weighted by atomic mass is 32.2. The zero-order chi connectivity index (χ0) is 19.4. The Hall–Kier alpha value is -2.79. The fourth-order valence-corrected chi connectivity index (χ4v) is 4.02. The highest BCUT2D eigenvalue weighted by Crippen LogP contribution is 2.24. The highest BCUT2D eigenvalue weighted by Gasteiger charge is 2.34. The van der Waals surface area contributed by atoms with Gasteiger partial charge in [-0.3, -0.25) is 4.79 Å². The first-order valence-electron chi connectivity index (χ1n) is 8.00. The number of hydrogen-bond donors (Lipinski definition) is 1.